The zero-order valence-electron chi connectivity index (χ0n) is 7.66. The molecule has 0 unspecified atom stereocenters. The van der Waals surface area contributed by atoms with E-state index in [0.717, 1.165) is 0 Å². The molecule has 1 heterocycles. The summed E-state index contributed by atoms with van der Waals surface area (Å²) in [6.07, 6.45) is 1.50. The average Bonchev–Trinajstić information content (AvgIpc) is 2.18. The van der Waals surface area contributed by atoms with Gasteiger partial charge in [0.2, 0.25) is 5.88 Å². The van der Waals surface area contributed by atoms with Crippen molar-refractivity contribution in [3.05, 3.63) is 11.5 Å². The molecule has 0 aromatic carbocycles. The first-order valence-electron chi connectivity index (χ1n) is 3.98. The van der Waals surface area contributed by atoms with Gasteiger partial charge in [-0.25, -0.2) is 4.79 Å². The van der Waals surface area contributed by atoms with E-state index in [-0.39, 0.29) is 0 Å². The van der Waals surface area contributed by atoms with Gasteiger partial charge in [0, 0.05) is 0 Å². The molecule has 5 nitrogen and oxygen atoms in total. The number of esters is 1. The summed E-state index contributed by atoms with van der Waals surface area (Å²) in [7, 11) is 1.33. The number of carbonyl (C=O) groups excluding carboxylic acids is 1. The normalized spacial score (nSPS) is 15.2. The molecule has 0 saturated carbocycles. The summed E-state index contributed by atoms with van der Waals surface area (Å²) in [5, 5.41) is 2.75. The summed E-state index contributed by atoms with van der Waals surface area (Å²) in [6, 6.07) is 0. The Morgan fingerprint density at radius 2 is 2.54 bits per heavy atom. The highest BCUT2D eigenvalue weighted by Gasteiger charge is 2.18. The first-order valence-corrected chi connectivity index (χ1v) is 3.98. The van der Waals surface area contributed by atoms with Crippen LogP contribution < -0.4 is 5.32 Å². The van der Waals surface area contributed by atoms with Crippen LogP contribution in [0.3, 0.4) is 0 Å². The molecule has 0 aromatic heterocycles. The molecular formula is C8H12N2O3. The smallest absolute Gasteiger partial charge is 0.341 e. The van der Waals surface area contributed by atoms with Crippen molar-refractivity contribution in [2.24, 2.45) is 4.99 Å². The number of rotatable bonds is 3. The molecule has 0 spiro atoms. The van der Waals surface area contributed by atoms with E-state index in [4.69, 9.17) is 4.74 Å². The van der Waals surface area contributed by atoms with Gasteiger partial charge in [0.25, 0.3) is 0 Å². The minimum atomic E-state index is -0.409. The number of carbonyl (C=O) groups is 1. The minimum absolute atomic E-state index is 0.301. The van der Waals surface area contributed by atoms with Crippen molar-refractivity contribution in [2.45, 2.75) is 6.92 Å². The molecule has 0 bridgehead atoms. The molecule has 13 heavy (non-hydrogen) atoms. The largest absolute Gasteiger partial charge is 0.479 e. The van der Waals surface area contributed by atoms with E-state index in [2.05, 4.69) is 15.0 Å². The number of aliphatic imine (C=N–C) groups is 1. The highest BCUT2D eigenvalue weighted by Crippen LogP contribution is 2.08. The van der Waals surface area contributed by atoms with Crippen LogP contribution in [0, 0.1) is 0 Å². The number of nitrogens with one attached hydrogen (secondary N) is 1. The van der Waals surface area contributed by atoms with Crippen molar-refractivity contribution < 1.29 is 14.3 Å². The fourth-order valence-electron chi connectivity index (χ4n) is 0.954. The molecule has 0 saturated heterocycles. The van der Waals surface area contributed by atoms with Gasteiger partial charge in [-0.1, -0.05) is 0 Å². The molecule has 0 aliphatic carbocycles. The lowest BCUT2D eigenvalue weighted by atomic mass is 10.2. The van der Waals surface area contributed by atoms with Crippen LogP contribution in [0.25, 0.3) is 0 Å². The van der Waals surface area contributed by atoms with E-state index in [1.807, 2.05) is 6.92 Å². The summed E-state index contributed by atoms with van der Waals surface area (Å²) < 4.78 is 9.77. The molecule has 0 fully saturated rings. The van der Waals surface area contributed by atoms with Crippen molar-refractivity contribution in [1.29, 1.82) is 0 Å². The molecule has 0 radical (unpaired) electrons. The highest BCUT2D eigenvalue weighted by atomic mass is 16.5. The topological polar surface area (TPSA) is 59.9 Å². The van der Waals surface area contributed by atoms with Gasteiger partial charge in [-0.3, -0.25) is 4.99 Å². The van der Waals surface area contributed by atoms with Crippen LogP contribution in [-0.2, 0) is 14.3 Å². The first kappa shape index (κ1) is 9.57. The molecule has 0 atom stereocenters. The van der Waals surface area contributed by atoms with Gasteiger partial charge in [-0.2, -0.15) is 0 Å². The Hall–Kier alpha value is -1.52. The van der Waals surface area contributed by atoms with Crippen LogP contribution in [0.5, 0.6) is 0 Å². The first-order chi connectivity index (χ1) is 6.29. The van der Waals surface area contributed by atoms with E-state index in [1.54, 1.807) is 0 Å². The third-order valence-corrected chi connectivity index (χ3v) is 1.53. The third-order valence-electron chi connectivity index (χ3n) is 1.53. The SMILES string of the molecule is CCOC1=C(C(=O)OC)CN=CN1. The fraction of sp³-hybridized carbons (Fsp3) is 0.500. The quantitative estimate of drug-likeness (QED) is 0.629. The van der Waals surface area contributed by atoms with Gasteiger partial charge in [0.15, 0.2) is 0 Å². The Kier molecular flexibility index (Phi) is 3.31. The molecule has 72 valence electrons. The van der Waals surface area contributed by atoms with Crippen molar-refractivity contribution >= 4 is 12.3 Å². The van der Waals surface area contributed by atoms with Gasteiger partial charge < -0.3 is 14.8 Å². The van der Waals surface area contributed by atoms with Gasteiger partial charge in [0.05, 0.1) is 26.6 Å². The van der Waals surface area contributed by atoms with Gasteiger partial charge in [-0.15, -0.1) is 0 Å². The lowest BCUT2D eigenvalue weighted by molar-refractivity contribution is -0.136. The Bertz CT molecular complexity index is 258. The highest BCUT2D eigenvalue weighted by molar-refractivity contribution is 5.90. The van der Waals surface area contributed by atoms with E-state index in [9.17, 15) is 4.79 Å². The summed E-state index contributed by atoms with van der Waals surface area (Å²) in [5.41, 5.74) is 0.423. The Morgan fingerprint density at radius 1 is 1.77 bits per heavy atom. The monoisotopic (exact) mass is 184 g/mol. The predicted molar refractivity (Wildman–Crippen MR) is 47.2 cm³/mol. The van der Waals surface area contributed by atoms with Crippen LogP contribution in [0.1, 0.15) is 6.92 Å². The molecule has 1 rings (SSSR count). The van der Waals surface area contributed by atoms with E-state index >= 15 is 0 Å². The van der Waals surface area contributed by atoms with Gasteiger partial charge in [0.1, 0.15) is 5.57 Å². The number of ether oxygens (including phenoxy) is 2. The Balaban J connectivity index is 2.78. The molecule has 1 N–H and O–H groups in total. The number of methoxy groups -OCH3 is 1. The van der Waals surface area contributed by atoms with Crippen LogP contribution in [-0.4, -0.2) is 32.6 Å². The summed E-state index contributed by atoms with van der Waals surface area (Å²) in [6.45, 7) is 2.64. The zero-order chi connectivity index (χ0) is 9.68. The van der Waals surface area contributed by atoms with E-state index < -0.39 is 5.97 Å². The standard InChI is InChI=1S/C8H12N2O3/c1-3-13-7-6(8(11)12-2)4-9-5-10-7/h5H,3-4H2,1-2H3,(H,9,10). The fourth-order valence-corrected chi connectivity index (χ4v) is 0.954. The van der Waals surface area contributed by atoms with E-state index in [0.29, 0.717) is 24.6 Å². The zero-order valence-corrected chi connectivity index (χ0v) is 7.66. The maximum atomic E-state index is 11.2. The van der Waals surface area contributed by atoms with Crippen molar-refractivity contribution in [3.63, 3.8) is 0 Å². The second-order valence-electron chi connectivity index (χ2n) is 2.35. The molecular weight excluding hydrogens is 172 g/mol. The minimum Gasteiger partial charge on any atom is -0.479 e. The molecule has 0 amide bonds. The summed E-state index contributed by atoms with van der Waals surface area (Å²) >= 11 is 0. The molecule has 0 aromatic rings. The average molecular weight is 184 g/mol. The lowest BCUT2D eigenvalue weighted by Gasteiger charge is -2.15. The van der Waals surface area contributed by atoms with E-state index in [1.165, 1.54) is 13.4 Å². The molecule has 1 aliphatic rings. The van der Waals surface area contributed by atoms with Crippen molar-refractivity contribution in [1.82, 2.24) is 5.32 Å². The lowest BCUT2D eigenvalue weighted by Crippen LogP contribution is -2.25. The number of hydrogen-bond donors (Lipinski definition) is 1. The molecule has 1 aliphatic heterocycles. The maximum absolute atomic E-state index is 11.2. The summed E-state index contributed by atoms with van der Waals surface area (Å²) in [4.78, 5) is 15.1. The summed E-state index contributed by atoms with van der Waals surface area (Å²) in [5.74, 6) is 0.0251. The van der Waals surface area contributed by atoms with Crippen LogP contribution in [0.4, 0.5) is 0 Å². The van der Waals surface area contributed by atoms with Gasteiger partial charge >= 0.3 is 5.97 Å². The van der Waals surface area contributed by atoms with Crippen LogP contribution >= 0.6 is 0 Å². The second kappa shape index (κ2) is 4.49. The van der Waals surface area contributed by atoms with Crippen LogP contribution in [0.15, 0.2) is 16.4 Å². The second-order valence-corrected chi connectivity index (χ2v) is 2.35. The maximum Gasteiger partial charge on any atom is 0.341 e. The number of hydrogen-bond acceptors (Lipinski definition) is 5. The van der Waals surface area contributed by atoms with Gasteiger partial charge in [-0.05, 0) is 6.92 Å². The Morgan fingerprint density at radius 3 is 3.15 bits per heavy atom. The predicted octanol–water partition coefficient (Wildman–Crippen LogP) is 0.0390. The third kappa shape index (κ3) is 2.21. The van der Waals surface area contributed by atoms with Crippen molar-refractivity contribution in [2.75, 3.05) is 20.3 Å². The molecule has 5 heteroatoms. The Labute approximate surface area is 76.4 Å². The van der Waals surface area contributed by atoms with Crippen LogP contribution in [0.2, 0.25) is 0 Å². The number of nitrogens with zero attached hydrogens (tertiary/aromatic N) is 1. The van der Waals surface area contributed by atoms with Crippen molar-refractivity contribution in [3.8, 4) is 0 Å².